The van der Waals surface area contributed by atoms with E-state index in [1.54, 1.807) is 23.9 Å². The lowest BCUT2D eigenvalue weighted by atomic mass is 10.1. The van der Waals surface area contributed by atoms with Gasteiger partial charge in [-0.3, -0.25) is 19.6 Å². The molecule has 2 rings (SSSR count). The molecule has 2 aromatic rings. The predicted octanol–water partition coefficient (Wildman–Crippen LogP) is 2.53. The Morgan fingerprint density at radius 3 is 2.70 bits per heavy atom. The van der Waals surface area contributed by atoms with Gasteiger partial charge < -0.3 is 0 Å². The maximum atomic E-state index is 12.0. The Kier molecular flexibility index (Phi) is 3.74. The van der Waals surface area contributed by atoms with E-state index in [2.05, 4.69) is 5.10 Å². The maximum Gasteiger partial charge on any atom is 0.280 e. The van der Waals surface area contributed by atoms with Crippen molar-refractivity contribution in [3.8, 4) is 0 Å². The van der Waals surface area contributed by atoms with Crippen LogP contribution in [0.1, 0.15) is 21.7 Å². The summed E-state index contributed by atoms with van der Waals surface area (Å²) >= 11 is 0. The van der Waals surface area contributed by atoms with Crippen molar-refractivity contribution < 1.29 is 9.72 Å². The first-order valence-electron chi connectivity index (χ1n) is 5.95. The zero-order valence-electron chi connectivity index (χ0n) is 11.1. The molecule has 6 nitrogen and oxygen atoms in total. The SMILES string of the molecule is Cc1cc(/C=C/C(=O)c2ccccc2[N+](=O)[O-])nn1C. The third-order valence-electron chi connectivity index (χ3n) is 2.90. The number of ketones is 1. The molecule has 6 heteroatoms. The van der Waals surface area contributed by atoms with E-state index in [-0.39, 0.29) is 11.3 Å². The summed E-state index contributed by atoms with van der Waals surface area (Å²) in [6, 6.07) is 7.70. The van der Waals surface area contributed by atoms with Crippen LogP contribution in [0.25, 0.3) is 6.08 Å². The molecular formula is C14H13N3O3. The van der Waals surface area contributed by atoms with Gasteiger partial charge in [0, 0.05) is 18.8 Å². The highest BCUT2D eigenvalue weighted by Crippen LogP contribution is 2.18. The Labute approximate surface area is 115 Å². The molecule has 0 aliphatic carbocycles. The highest BCUT2D eigenvalue weighted by molar-refractivity contribution is 6.09. The molecule has 0 unspecified atom stereocenters. The van der Waals surface area contributed by atoms with Crippen LogP contribution in [-0.2, 0) is 7.05 Å². The van der Waals surface area contributed by atoms with Gasteiger partial charge in [0.1, 0.15) is 0 Å². The number of benzene rings is 1. The Morgan fingerprint density at radius 1 is 1.40 bits per heavy atom. The van der Waals surface area contributed by atoms with Gasteiger partial charge in [-0.15, -0.1) is 0 Å². The monoisotopic (exact) mass is 271 g/mol. The Hall–Kier alpha value is -2.76. The summed E-state index contributed by atoms with van der Waals surface area (Å²) in [5.41, 5.74) is 1.47. The molecule has 0 fully saturated rings. The number of rotatable bonds is 4. The van der Waals surface area contributed by atoms with E-state index in [0.717, 1.165) is 5.69 Å². The van der Waals surface area contributed by atoms with E-state index < -0.39 is 10.7 Å². The van der Waals surface area contributed by atoms with Crippen molar-refractivity contribution in [2.45, 2.75) is 6.92 Å². The number of hydrogen-bond donors (Lipinski definition) is 0. The first-order chi connectivity index (χ1) is 9.49. The van der Waals surface area contributed by atoms with Crippen molar-refractivity contribution in [1.29, 1.82) is 0 Å². The van der Waals surface area contributed by atoms with Gasteiger partial charge in [0.15, 0.2) is 5.78 Å². The fourth-order valence-corrected chi connectivity index (χ4v) is 1.76. The van der Waals surface area contributed by atoms with Crippen LogP contribution in [0, 0.1) is 17.0 Å². The molecule has 102 valence electrons. The molecule has 0 saturated heterocycles. The molecule has 0 N–H and O–H groups in total. The highest BCUT2D eigenvalue weighted by Gasteiger charge is 2.16. The highest BCUT2D eigenvalue weighted by atomic mass is 16.6. The summed E-state index contributed by atoms with van der Waals surface area (Å²) in [6.45, 7) is 1.90. The molecule has 0 aliphatic rings. The van der Waals surface area contributed by atoms with Crippen molar-refractivity contribution in [3.05, 3.63) is 63.5 Å². The average Bonchev–Trinajstić information content (AvgIpc) is 2.75. The molecule has 0 aliphatic heterocycles. The van der Waals surface area contributed by atoms with Crippen LogP contribution in [-0.4, -0.2) is 20.5 Å². The second-order valence-electron chi connectivity index (χ2n) is 4.31. The van der Waals surface area contributed by atoms with E-state index in [9.17, 15) is 14.9 Å². The number of aromatic nitrogens is 2. The zero-order valence-corrected chi connectivity index (χ0v) is 11.1. The van der Waals surface area contributed by atoms with Crippen LogP contribution in [0.15, 0.2) is 36.4 Å². The lowest BCUT2D eigenvalue weighted by molar-refractivity contribution is -0.385. The molecule has 1 heterocycles. The van der Waals surface area contributed by atoms with Crippen LogP contribution >= 0.6 is 0 Å². The number of nitro groups is 1. The minimum Gasteiger partial charge on any atom is -0.289 e. The normalized spacial score (nSPS) is 10.9. The minimum atomic E-state index is -0.564. The molecule has 20 heavy (non-hydrogen) atoms. The first-order valence-corrected chi connectivity index (χ1v) is 5.95. The van der Waals surface area contributed by atoms with Gasteiger partial charge in [0.25, 0.3) is 5.69 Å². The summed E-state index contributed by atoms with van der Waals surface area (Å²) in [5.74, 6) is -0.416. The summed E-state index contributed by atoms with van der Waals surface area (Å²) < 4.78 is 1.69. The van der Waals surface area contributed by atoms with Crippen LogP contribution in [0.4, 0.5) is 5.69 Å². The summed E-state index contributed by atoms with van der Waals surface area (Å²) in [7, 11) is 1.80. The van der Waals surface area contributed by atoms with E-state index in [0.29, 0.717) is 5.69 Å². The number of aryl methyl sites for hydroxylation is 2. The van der Waals surface area contributed by atoms with Crippen molar-refractivity contribution in [2.75, 3.05) is 0 Å². The van der Waals surface area contributed by atoms with Gasteiger partial charge in [-0.2, -0.15) is 5.10 Å². The van der Waals surface area contributed by atoms with E-state index in [4.69, 9.17) is 0 Å². The largest absolute Gasteiger partial charge is 0.289 e. The predicted molar refractivity (Wildman–Crippen MR) is 74.4 cm³/mol. The van der Waals surface area contributed by atoms with E-state index in [1.165, 1.54) is 24.3 Å². The topological polar surface area (TPSA) is 78.0 Å². The van der Waals surface area contributed by atoms with E-state index in [1.807, 2.05) is 13.0 Å². The fourth-order valence-electron chi connectivity index (χ4n) is 1.76. The number of hydrogen-bond acceptors (Lipinski definition) is 4. The zero-order chi connectivity index (χ0) is 14.7. The number of carbonyl (C=O) groups excluding carboxylic acids is 1. The number of nitro benzene ring substituents is 1. The average molecular weight is 271 g/mol. The smallest absolute Gasteiger partial charge is 0.280 e. The quantitative estimate of drug-likeness (QED) is 0.370. The van der Waals surface area contributed by atoms with Crippen LogP contribution in [0.5, 0.6) is 0 Å². The molecule has 0 spiro atoms. The molecule has 0 atom stereocenters. The van der Waals surface area contributed by atoms with Gasteiger partial charge >= 0.3 is 0 Å². The summed E-state index contributed by atoms with van der Waals surface area (Å²) in [5, 5.41) is 15.0. The first kappa shape index (κ1) is 13.7. The van der Waals surface area contributed by atoms with Crippen LogP contribution in [0.3, 0.4) is 0 Å². The standard InChI is InChI=1S/C14H13N3O3/c1-10-9-11(15-16(10)2)7-8-14(18)12-5-3-4-6-13(12)17(19)20/h3-9H,1-2H3/b8-7+. The van der Waals surface area contributed by atoms with Crippen LogP contribution in [0.2, 0.25) is 0 Å². The molecule has 1 aromatic heterocycles. The molecule has 0 radical (unpaired) electrons. The molecule has 0 amide bonds. The minimum absolute atomic E-state index is 0.0707. The molecule has 0 bridgehead atoms. The van der Waals surface area contributed by atoms with Gasteiger partial charge in [-0.25, -0.2) is 0 Å². The number of allylic oxidation sites excluding steroid dienone is 1. The van der Waals surface area contributed by atoms with Crippen LogP contribution < -0.4 is 0 Å². The Balaban J connectivity index is 2.26. The van der Waals surface area contributed by atoms with Crippen molar-refractivity contribution in [2.24, 2.45) is 7.05 Å². The Morgan fingerprint density at radius 2 is 2.10 bits per heavy atom. The van der Waals surface area contributed by atoms with Gasteiger partial charge in [-0.05, 0) is 31.2 Å². The molecule has 0 saturated carbocycles. The number of carbonyl (C=O) groups is 1. The second kappa shape index (κ2) is 5.48. The fraction of sp³-hybridized carbons (Fsp3) is 0.143. The van der Waals surface area contributed by atoms with Crippen molar-refractivity contribution >= 4 is 17.5 Å². The van der Waals surface area contributed by atoms with Crippen molar-refractivity contribution in [1.82, 2.24) is 9.78 Å². The lowest BCUT2D eigenvalue weighted by Gasteiger charge is -1.97. The Bertz CT molecular complexity index is 682. The molecule has 1 aromatic carbocycles. The summed E-state index contributed by atoms with van der Waals surface area (Å²) in [4.78, 5) is 22.3. The maximum absolute atomic E-state index is 12.0. The van der Waals surface area contributed by atoms with Gasteiger partial charge in [-0.1, -0.05) is 12.1 Å². The third kappa shape index (κ3) is 2.80. The van der Waals surface area contributed by atoms with Crippen molar-refractivity contribution in [3.63, 3.8) is 0 Å². The van der Waals surface area contributed by atoms with Gasteiger partial charge in [0.05, 0.1) is 16.2 Å². The van der Waals surface area contributed by atoms with E-state index >= 15 is 0 Å². The lowest BCUT2D eigenvalue weighted by Crippen LogP contribution is -2.00. The third-order valence-corrected chi connectivity index (χ3v) is 2.90. The summed E-state index contributed by atoms with van der Waals surface area (Å²) in [6.07, 6.45) is 2.84. The number of nitrogens with zero attached hydrogens (tertiary/aromatic N) is 3. The number of para-hydroxylation sites is 1. The second-order valence-corrected chi connectivity index (χ2v) is 4.31. The molecular weight excluding hydrogens is 258 g/mol. The van der Waals surface area contributed by atoms with Gasteiger partial charge in [0.2, 0.25) is 0 Å².